The molecule has 0 unspecified atom stereocenters. The van der Waals surface area contributed by atoms with Crippen molar-refractivity contribution in [2.24, 2.45) is 0 Å². The van der Waals surface area contributed by atoms with E-state index in [1.165, 1.54) is 16.8 Å². The molecule has 100 valence electrons. The third-order valence-electron chi connectivity index (χ3n) is 3.85. The van der Waals surface area contributed by atoms with E-state index < -0.39 is 0 Å². The fourth-order valence-electron chi connectivity index (χ4n) is 2.95. The summed E-state index contributed by atoms with van der Waals surface area (Å²) in [4.78, 5) is 2.58. The average molecular weight is 246 g/mol. The van der Waals surface area contributed by atoms with Crippen LogP contribution in [0.1, 0.15) is 38.8 Å². The van der Waals surface area contributed by atoms with Crippen molar-refractivity contribution in [3.63, 3.8) is 0 Å². The lowest BCUT2D eigenvalue weighted by molar-refractivity contribution is 0.352. The first-order valence-corrected chi connectivity index (χ1v) is 7.18. The van der Waals surface area contributed by atoms with E-state index in [2.05, 4.69) is 56.1 Å². The number of hydrogen-bond donors (Lipinski definition) is 1. The Labute approximate surface area is 111 Å². The van der Waals surface area contributed by atoms with E-state index in [4.69, 9.17) is 0 Å². The highest BCUT2D eigenvalue weighted by molar-refractivity contribution is 5.60. The number of benzene rings is 1. The number of aryl methyl sites for hydroxylation is 2. The Morgan fingerprint density at radius 2 is 1.78 bits per heavy atom. The summed E-state index contributed by atoms with van der Waals surface area (Å²) >= 11 is 0. The highest BCUT2D eigenvalue weighted by atomic mass is 15.2. The molecule has 0 bridgehead atoms. The molecule has 0 spiro atoms. The smallest absolute Gasteiger partial charge is 0.0432 e. The number of para-hydroxylation sites is 1. The third kappa shape index (κ3) is 2.69. The van der Waals surface area contributed by atoms with Crippen LogP contribution in [-0.2, 0) is 12.8 Å². The first-order chi connectivity index (χ1) is 8.57. The van der Waals surface area contributed by atoms with E-state index in [1.807, 2.05) is 0 Å². The Kier molecular flexibility index (Phi) is 3.96. The zero-order valence-corrected chi connectivity index (χ0v) is 12.2. The topological polar surface area (TPSA) is 15.3 Å². The number of nitrogens with zero attached hydrogens (tertiary/aromatic N) is 1. The molecule has 1 fully saturated rings. The molecule has 1 saturated heterocycles. The van der Waals surface area contributed by atoms with Crippen LogP contribution < -0.4 is 10.2 Å². The van der Waals surface area contributed by atoms with Gasteiger partial charge in [0.25, 0.3) is 0 Å². The maximum absolute atomic E-state index is 3.59. The van der Waals surface area contributed by atoms with Crippen LogP contribution in [-0.4, -0.2) is 25.2 Å². The number of piperazine rings is 1. The molecule has 2 rings (SSSR count). The van der Waals surface area contributed by atoms with Crippen molar-refractivity contribution in [2.75, 3.05) is 24.5 Å². The normalized spacial score (nSPS) is 19.0. The standard InChI is InChI=1S/C16H26N2/c1-5-13-8-7-9-14(6-2)15(13)18-11-10-17-16(3,4)12-18/h7-9,17H,5-6,10-12H2,1-4H3. The number of rotatable bonds is 3. The van der Waals surface area contributed by atoms with Crippen molar-refractivity contribution in [1.29, 1.82) is 0 Å². The van der Waals surface area contributed by atoms with E-state index in [0.29, 0.717) is 0 Å². The molecular weight excluding hydrogens is 220 g/mol. The van der Waals surface area contributed by atoms with Crippen LogP contribution in [0.15, 0.2) is 18.2 Å². The summed E-state index contributed by atoms with van der Waals surface area (Å²) in [5.41, 5.74) is 4.69. The molecule has 2 nitrogen and oxygen atoms in total. The molecule has 1 N–H and O–H groups in total. The van der Waals surface area contributed by atoms with Gasteiger partial charge in [-0.25, -0.2) is 0 Å². The number of anilines is 1. The summed E-state index contributed by atoms with van der Waals surface area (Å²) in [6.45, 7) is 12.4. The van der Waals surface area contributed by atoms with Crippen LogP contribution in [0.2, 0.25) is 0 Å². The molecular formula is C16H26N2. The first-order valence-electron chi connectivity index (χ1n) is 7.18. The summed E-state index contributed by atoms with van der Waals surface area (Å²) in [5, 5.41) is 3.59. The predicted octanol–water partition coefficient (Wildman–Crippen LogP) is 3.00. The van der Waals surface area contributed by atoms with E-state index in [9.17, 15) is 0 Å². The number of hydrogen-bond acceptors (Lipinski definition) is 2. The van der Waals surface area contributed by atoms with Gasteiger partial charge in [0.1, 0.15) is 0 Å². The maximum Gasteiger partial charge on any atom is 0.0432 e. The molecule has 0 aromatic heterocycles. The van der Waals surface area contributed by atoms with Crippen molar-refractivity contribution in [3.05, 3.63) is 29.3 Å². The van der Waals surface area contributed by atoms with Crippen LogP contribution in [0.25, 0.3) is 0 Å². The Bertz CT molecular complexity index is 387. The Hall–Kier alpha value is -1.02. The van der Waals surface area contributed by atoms with Crippen LogP contribution in [0.3, 0.4) is 0 Å². The third-order valence-corrected chi connectivity index (χ3v) is 3.85. The van der Waals surface area contributed by atoms with Crippen molar-refractivity contribution < 1.29 is 0 Å². The van der Waals surface area contributed by atoms with Gasteiger partial charge >= 0.3 is 0 Å². The quantitative estimate of drug-likeness (QED) is 0.882. The molecule has 0 amide bonds. The molecule has 0 atom stereocenters. The minimum absolute atomic E-state index is 0.212. The van der Waals surface area contributed by atoms with Gasteiger partial charge in [-0.3, -0.25) is 0 Å². The van der Waals surface area contributed by atoms with E-state index in [-0.39, 0.29) is 5.54 Å². The second-order valence-corrected chi connectivity index (χ2v) is 5.86. The zero-order chi connectivity index (χ0) is 13.2. The monoisotopic (exact) mass is 246 g/mol. The van der Waals surface area contributed by atoms with Crippen molar-refractivity contribution >= 4 is 5.69 Å². The Balaban J connectivity index is 2.36. The SMILES string of the molecule is CCc1cccc(CC)c1N1CCNC(C)(C)C1. The van der Waals surface area contributed by atoms with Gasteiger partial charge in [0.15, 0.2) is 0 Å². The molecule has 1 aromatic rings. The fraction of sp³-hybridized carbons (Fsp3) is 0.625. The van der Waals surface area contributed by atoms with Gasteiger partial charge in [0.05, 0.1) is 0 Å². The fourth-order valence-corrected chi connectivity index (χ4v) is 2.95. The second-order valence-electron chi connectivity index (χ2n) is 5.86. The summed E-state index contributed by atoms with van der Waals surface area (Å²) in [5.74, 6) is 0. The number of nitrogens with one attached hydrogen (secondary N) is 1. The first kappa shape index (κ1) is 13.4. The van der Waals surface area contributed by atoms with Gasteiger partial charge in [-0.1, -0.05) is 32.0 Å². The molecule has 0 aliphatic carbocycles. The largest absolute Gasteiger partial charge is 0.368 e. The van der Waals surface area contributed by atoms with Crippen molar-refractivity contribution in [1.82, 2.24) is 5.32 Å². The van der Waals surface area contributed by atoms with Gasteiger partial charge in [-0.15, -0.1) is 0 Å². The summed E-state index contributed by atoms with van der Waals surface area (Å²) < 4.78 is 0. The minimum Gasteiger partial charge on any atom is -0.368 e. The highest BCUT2D eigenvalue weighted by Crippen LogP contribution is 2.29. The van der Waals surface area contributed by atoms with E-state index >= 15 is 0 Å². The van der Waals surface area contributed by atoms with E-state index in [0.717, 1.165) is 32.5 Å². The zero-order valence-electron chi connectivity index (χ0n) is 12.2. The summed E-state index contributed by atoms with van der Waals surface area (Å²) in [6.07, 6.45) is 2.24. The Morgan fingerprint density at radius 1 is 1.17 bits per heavy atom. The lowest BCUT2D eigenvalue weighted by Crippen LogP contribution is -2.57. The van der Waals surface area contributed by atoms with Crippen LogP contribution in [0.5, 0.6) is 0 Å². The molecule has 1 aromatic carbocycles. The van der Waals surface area contributed by atoms with Crippen molar-refractivity contribution in [2.45, 2.75) is 46.1 Å². The van der Waals surface area contributed by atoms with Gasteiger partial charge in [-0.05, 0) is 37.8 Å². The summed E-state index contributed by atoms with van der Waals surface area (Å²) in [7, 11) is 0. The molecule has 1 aliphatic heterocycles. The van der Waals surface area contributed by atoms with Crippen LogP contribution in [0.4, 0.5) is 5.69 Å². The summed E-state index contributed by atoms with van der Waals surface area (Å²) in [6, 6.07) is 6.77. The van der Waals surface area contributed by atoms with Gasteiger partial charge in [0, 0.05) is 30.9 Å². The van der Waals surface area contributed by atoms with E-state index in [1.54, 1.807) is 0 Å². The predicted molar refractivity (Wildman–Crippen MR) is 79.5 cm³/mol. The second kappa shape index (κ2) is 5.31. The van der Waals surface area contributed by atoms with Crippen LogP contribution in [0, 0.1) is 0 Å². The molecule has 2 heteroatoms. The van der Waals surface area contributed by atoms with Crippen LogP contribution >= 0.6 is 0 Å². The molecule has 1 aliphatic rings. The van der Waals surface area contributed by atoms with Gasteiger partial charge in [0.2, 0.25) is 0 Å². The minimum atomic E-state index is 0.212. The lowest BCUT2D eigenvalue weighted by Gasteiger charge is -2.42. The van der Waals surface area contributed by atoms with Gasteiger partial charge < -0.3 is 10.2 Å². The maximum atomic E-state index is 3.59. The van der Waals surface area contributed by atoms with Gasteiger partial charge in [-0.2, -0.15) is 0 Å². The Morgan fingerprint density at radius 3 is 2.28 bits per heavy atom. The van der Waals surface area contributed by atoms with Crippen molar-refractivity contribution in [3.8, 4) is 0 Å². The molecule has 0 radical (unpaired) electrons. The highest BCUT2D eigenvalue weighted by Gasteiger charge is 2.27. The lowest BCUT2D eigenvalue weighted by atomic mass is 9.97. The molecule has 0 saturated carbocycles. The molecule has 1 heterocycles. The average Bonchev–Trinajstić information content (AvgIpc) is 2.36. The molecule has 18 heavy (non-hydrogen) atoms.